The Morgan fingerprint density at radius 1 is 1.20 bits per heavy atom. The molecule has 3 heterocycles. The number of hydrogen-bond acceptors (Lipinski definition) is 6. The van der Waals surface area contributed by atoms with Gasteiger partial charge >= 0.3 is 0 Å². The van der Waals surface area contributed by atoms with Crippen molar-refractivity contribution in [3.8, 4) is 5.75 Å². The van der Waals surface area contributed by atoms with Crippen molar-refractivity contribution in [2.45, 2.75) is 37.8 Å². The maximum Gasteiger partial charge on any atom is 0.295 e. The summed E-state index contributed by atoms with van der Waals surface area (Å²) >= 11 is 1.51. The molecule has 1 aromatic carbocycles. The van der Waals surface area contributed by atoms with Crippen LogP contribution in [-0.4, -0.2) is 47.9 Å². The molecule has 1 saturated carbocycles. The van der Waals surface area contributed by atoms with E-state index in [1.54, 1.807) is 11.0 Å². The number of benzene rings is 1. The second-order valence-electron chi connectivity index (χ2n) is 8.11. The number of hydrogen-bond donors (Lipinski definition) is 1. The SMILES string of the molecule is CN1CCOc2ccc(/C(O)=C3/C(=O)C(=O)N(C4CCCC4)C3c3cccs3)cc21. The lowest BCUT2D eigenvalue weighted by Crippen LogP contribution is -2.37. The van der Waals surface area contributed by atoms with Crippen LogP contribution in [-0.2, 0) is 9.59 Å². The highest BCUT2D eigenvalue weighted by Crippen LogP contribution is 2.45. The van der Waals surface area contributed by atoms with E-state index in [2.05, 4.69) is 4.90 Å². The van der Waals surface area contributed by atoms with Crippen LogP contribution in [0.25, 0.3) is 5.76 Å². The van der Waals surface area contributed by atoms with Gasteiger partial charge in [-0.15, -0.1) is 11.3 Å². The molecule has 6 nitrogen and oxygen atoms in total. The number of amides is 1. The van der Waals surface area contributed by atoms with Gasteiger partial charge in [0.25, 0.3) is 11.7 Å². The van der Waals surface area contributed by atoms with E-state index in [-0.39, 0.29) is 17.4 Å². The fourth-order valence-electron chi connectivity index (χ4n) is 4.79. The minimum absolute atomic E-state index is 0.0434. The van der Waals surface area contributed by atoms with Gasteiger partial charge in [-0.2, -0.15) is 0 Å². The summed E-state index contributed by atoms with van der Waals surface area (Å²) < 4.78 is 5.69. The summed E-state index contributed by atoms with van der Waals surface area (Å²) in [5.74, 6) is -0.462. The van der Waals surface area contributed by atoms with Gasteiger partial charge in [-0.1, -0.05) is 18.9 Å². The Balaban J connectivity index is 1.63. The second kappa shape index (κ2) is 7.47. The van der Waals surface area contributed by atoms with Crippen LogP contribution in [0.1, 0.15) is 42.2 Å². The van der Waals surface area contributed by atoms with Crippen molar-refractivity contribution in [1.82, 2.24) is 4.90 Å². The van der Waals surface area contributed by atoms with Crippen molar-refractivity contribution in [2.24, 2.45) is 0 Å². The van der Waals surface area contributed by atoms with Gasteiger partial charge in [0.05, 0.1) is 23.8 Å². The van der Waals surface area contributed by atoms with Crippen LogP contribution in [0.3, 0.4) is 0 Å². The number of carbonyl (C=O) groups excluding carboxylic acids is 2. The molecule has 156 valence electrons. The van der Waals surface area contributed by atoms with Crippen LogP contribution in [0, 0.1) is 0 Å². The van der Waals surface area contributed by atoms with E-state index in [4.69, 9.17) is 4.74 Å². The average molecular weight is 425 g/mol. The van der Waals surface area contributed by atoms with Gasteiger partial charge in [0.2, 0.25) is 0 Å². The van der Waals surface area contributed by atoms with E-state index >= 15 is 0 Å². The van der Waals surface area contributed by atoms with E-state index < -0.39 is 17.7 Å². The maximum atomic E-state index is 13.1. The van der Waals surface area contributed by atoms with Crippen molar-refractivity contribution < 1.29 is 19.4 Å². The molecule has 5 rings (SSSR count). The zero-order chi connectivity index (χ0) is 20.8. The van der Waals surface area contributed by atoms with Gasteiger partial charge in [-0.25, -0.2) is 0 Å². The van der Waals surface area contributed by atoms with E-state index in [1.807, 2.05) is 36.7 Å². The molecule has 1 aromatic heterocycles. The zero-order valence-corrected chi connectivity index (χ0v) is 17.7. The van der Waals surface area contributed by atoms with Crippen LogP contribution in [0.4, 0.5) is 5.69 Å². The van der Waals surface area contributed by atoms with Crippen LogP contribution in [0.2, 0.25) is 0 Å². The topological polar surface area (TPSA) is 70.1 Å². The first-order chi connectivity index (χ1) is 14.6. The number of thiophene rings is 1. The van der Waals surface area contributed by atoms with Gasteiger partial charge < -0.3 is 19.6 Å². The number of Topliss-reactive ketones (excluding diaryl/α,β-unsaturated/α-hetero) is 1. The molecular formula is C23H24N2O4S. The predicted molar refractivity (Wildman–Crippen MR) is 116 cm³/mol. The largest absolute Gasteiger partial charge is 0.507 e. The number of carbonyl (C=O) groups is 2. The number of aliphatic hydroxyl groups excluding tert-OH is 1. The Kier molecular flexibility index (Phi) is 4.77. The number of aliphatic hydroxyl groups is 1. The van der Waals surface area contributed by atoms with E-state index in [1.165, 1.54) is 11.3 Å². The highest BCUT2D eigenvalue weighted by atomic mass is 32.1. The molecule has 2 aliphatic heterocycles. The number of anilines is 1. The lowest BCUT2D eigenvalue weighted by atomic mass is 9.98. The van der Waals surface area contributed by atoms with Crippen molar-refractivity contribution in [2.75, 3.05) is 25.1 Å². The fourth-order valence-corrected chi connectivity index (χ4v) is 5.62. The van der Waals surface area contributed by atoms with Crippen LogP contribution in [0.15, 0.2) is 41.3 Å². The molecule has 1 atom stereocenters. The van der Waals surface area contributed by atoms with Gasteiger partial charge in [-0.3, -0.25) is 9.59 Å². The minimum Gasteiger partial charge on any atom is -0.507 e. The third kappa shape index (κ3) is 2.99. The fraction of sp³-hybridized carbons (Fsp3) is 0.391. The summed E-state index contributed by atoms with van der Waals surface area (Å²) in [5, 5.41) is 13.2. The van der Waals surface area contributed by atoms with Crippen LogP contribution >= 0.6 is 11.3 Å². The Morgan fingerprint density at radius 3 is 2.73 bits per heavy atom. The van der Waals surface area contributed by atoms with Crippen molar-refractivity contribution in [1.29, 1.82) is 0 Å². The normalized spacial score (nSPS) is 23.7. The molecule has 7 heteroatoms. The zero-order valence-electron chi connectivity index (χ0n) is 16.8. The molecule has 0 spiro atoms. The van der Waals surface area contributed by atoms with Gasteiger partial charge in [0, 0.05) is 23.5 Å². The maximum absolute atomic E-state index is 13.1. The van der Waals surface area contributed by atoms with E-state index in [0.29, 0.717) is 12.2 Å². The quantitative estimate of drug-likeness (QED) is 0.459. The summed E-state index contributed by atoms with van der Waals surface area (Å²) in [4.78, 5) is 30.8. The Labute approximate surface area is 179 Å². The molecule has 1 N–H and O–H groups in total. The molecule has 3 aliphatic rings. The second-order valence-corrected chi connectivity index (χ2v) is 9.09. The van der Waals surface area contributed by atoms with Gasteiger partial charge in [-0.05, 0) is 42.5 Å². The number of likely N-dealkylation sites (N-methyl/N-ethyl adjacent to an activating group) is 1. The highest BCUT2D eigenvalue weighted by Gasteiger charge is 2.49. The summed E-state index contributed by atoms with van der Waals surface area (Å²) in [5.41, 5.74) is 1.58. The molecule has 1 aliphatic carbocycles. The lowest BCUT2D eigenvalue weighted by Gasteiger charge is -2.30. The third-order valence-corrected chi connectivity index (χ3v) is 7.26. The molecule has 1 saturated heterocycles. The molecule has 2 aromatic rings. The van der Waals surface area contributed by atoms with Gasteiger partial charge in [0.15, 0.2) is 0 Å². The summed E-state index contributed by atoms with van der Waals surface area (Å²) in [6, 6.07) is 8.76. The molecule has 1 unspecified atom stereocenters. The summed E-state index contributed by atoms with van der Waals surface area (Å²) in [7, 11) is 1.97. The molecule has 2 fully saturated rings. The molecular weight excluding hydrogens is 400 g/mol. The van der Waals surface area contributed by atoms with Crippen LogP contribution < -0.4 is 9.64 Å². The summed E-state index contributed by atoms with van der Waals surface area (Å²) in [6.07, 6.45) is 3.91. The first-order valence-corrected chi connectivity index (χ1v) is 11.3. The number of ether oxygens (including phenoxy) is 1. The average Bonchev–Trinajstić information content (AvgIpc) is 3.50. The smallest absolute Gasteiger partial charge is 0.295 e. The molecule has 30 heavy (non-hydrogen) atoms. The number of rotatable bonds is 3. The Bertz CT molecular complexity index is 1020. The van der Waals surface area contributed by atoms with Crippen molar-refractivity contribution in [3.63, 3.8) is 0 Å². The number of fused-ring (bicyclic) bond motifs is 1. The lowest BCUT2D eigenvalue weighted by molar-refractivity contribution is -0.141. The van der Waals surface area contributed by atoms with Crippen LogP contribution in [0.5, 0.6) is 5.75 Å². The molecule has 0 radical (unpaired) electrons. The number of likely N-dealkylation sites (tertiary alicyclic amines) is 1. The van der Waals surface area contributed by atoms with Crippen molar-refractivity contribution in [3.05, 3.63) is 51.7 Å². The number of ketones is 1. The van der Waals surface area contributed by atoms with E-state index in [0.717, 1.165) is 48.5 Å². The Morgan fingerprint density at radius 2 is 2.00 bits per heavy atom. The summed E-state index contributed by atoms with van der Waals surface area (Å²) in [6.45, 7) is 1.36. The van der Waals surface area contributed by atoms with Crippen molar-refractivity contribution >= 4 is 34.5 Å². The first kappa shape index (κ1) is 19.2. The standard InChI is InChI=1S/C23H24N2O4S/c1-24-10-11-29-17-9-8-14(13-16(17)24)21(26)19-20(18-7-4-12-30-18)25(23(28)22(19)27)15-5-2-3-6-15/h4,7-9,12-13,15,20,26H,2-3,5-6,10-11H2,1H3/b21-19-. The van der Waals surface area contributed by atoms with Gasteiger partial charge in [0.1, 0.15) is 18.1 Å². The minimum atomic E-state index is -0.597. The first-order valence-electron chi connectivity index (χ1n) is 10.4. The molecule has 1 amide bonds. The Hall–Kier alpha value is -2.80. The highest BCUT2D eigenvalue weighted by molar-refractivity contribution is 7.10. The third-order valence-electron chi connectivity index (χ3n) is 6.34. The predicted octanol–water partition coefficient (Wildman–Crippen LogP) is 3.94. The molecule has 0 bridgehead atoms. The van der Waals surface area contributed by atoms with E-state index in [9.17, 15) is 14.7 Å². The number of nitrogens with zero attached hydrogens (tertiary/aromatic N) is 2. The monoisotopic (exact) mass is 424 g/mol.